The van der Waals surface area contributed by atoms with Crippen LogP contribution in [-0.2, 0) is 4.74 Å². The van der Waals surface area contributed by atoms with Gasteiger partial charge in [0.05, 0.1) is 6.61 Å². The molecule has 2 N–H and O–H groups in total. The molecule has 0 spiro atoms. The number of ether oxygens (including phenoxy) is 2. The first-order chi connectivity index (χ1) is 8.22. The summed E-state index contributed by atoms with van der Waals surface area (Å²) in [6.07, 6.45) is -0.508. The molecule has 1 aromatic rings. The zero-order valence-corrected chi connectivity index (χ0v) is 12.0. The molecule has 0 fully saturated rings. The summed E-state index contributed by atoms with van der Waals surface area (Å²) in [6.45, 7) is 2.18. The minimum absolute atomic E-state index is 0.292. The molecule has 0 radical (unpaired) electrons. The number of hydrogen-bond donors (Lipinski definition) is 2. The second-order valence-corrected chi connectivity index (χ2v) is 4.86. The molecule has 4 nitrogen and oxygen atoms in total. The lowest BCUT2D eigenvalue weighted by molar-refractivity contribution is 0.103. The lowest BCUT2D eigenvalue weighted by Crippen LogP contribution is -2.33. The minimum atomic E-state index is -0.508. The number of benzene rings is 1. The van der Waals surface area contributed by atoms with E-state index in [9.17, 15) is 5.11 Å². The van der Waals surface area contributed by atoms with E-state index in [4.69, 9.17) is 9.47 Å². The molecule has 0 heterocycles. The molecule has 17 heavy (non-hydrogen) atoms. The zero-order valence-electron chi connectivity index (χ0n) is 9.86. The number of methoxy groups -OCH3 is 1. The number of aliphatic hydroxyl groups excluding tert-OH is 1. The van der Waals surface area contributed by atoms with Crippen LogP contribution in [0.25, 0.3) is 0 Å². The first-order valence-electron chi connectivity index (χ1n) is 5.48. The quantitative estimate of drug-likeness (QED) is 0.547. The van der Waals surface area contributed by atoms with Crippen LogP contribution in [-0.4, -0.2) is 44.6 Å². The number of rotatable bonds is 8. The van der Waals surface area contributed by atoms with Gasteiger partial charge >= 0.3 is 0 Å². The topological polar surface area (TPSA) is 50.7 Å². The van der Waals surface area contributed by atoms with Crippen molar-refractivity contribution < 1.29 is 14.6 Å². The van der Waals surface area contributed by atoms with Crippen LogP contribution in [0.2, 0.25) is 0 Å². The molecule has 0 amide bonds. The highest BCUT2D eigenvalue weighted by atomic mass is 127. The fourth-order valence-corrected chi connectivity index (χ4v) is 1.58. The molecule has 1 atom stereocenters. The molecule has 1 aromatic carbocycles. The fraction of sp³-hybridized carbons (Fsp3) is 0.500. The first kappa shape index (κ1) is 14.7. The summed E-state index contributed by atoms with van der Waals surface area (Å²) < 4.78 is 11.5. The summed E-state index contributed by atoms with van der Waals surface area (Å²) in [6, 6.07) is 7.73. The third kappa shape index (κ3) is 6.82. The van der Waals surface area contributed by atoms with Gasteiger partial charge in [-0.2, -0.15) is 0 Å². The van der Waals surface area contributed by atoms with Crippen LogP contribution in [0.3, 0.4) is 0 Å². The summed E-state index contributed by atoms with van der Waals surface area (Å²) in [4.78, 5) is 0. The van der Waals surface area contributed by atoms with E-state index in [0.29, 0.717) is 19.8 Å². The van der Waals surface area contributed by atoms with Gasteiger partial charge in [-0.15, -0.1) is 0 Å². The van der Waals surface area contributed by atoms with E-state index in [1.165, 1.54) is 0 Å². The Morgan fingerprint density at radius 1 is 1.35 bits per heavy atom. The number of aliphatic hydroxyl groups is 1. The summed E-state index contributed by atoms with van der Waals surface area (Å²) in [5, 5.41) is 12.7. The van der Waals surface area contributed by atoms with Crippen LogP contribution >= 0.6 is 22.6 Å². The van der Waals surface area contributed by atoms with E-state index in [2.05, 4.69) is 27.9 Å². The Morgan fingerprint density at radius 3 is 2.71 bits per heavy atom. The Hall–Kier alpha value is -0.370. The van der Waals surface area contributed by atoms with Gasteiger partial charge in [-0.25, -0.2) is 0 Å². The molecule has 5 heteroatoms. The molecule has 0 bridgehead atoms. The maximum absolute atomic E-state index is 9.63. The third-order valence-electron chi connectivity index (χ3n) is 2.12. The smallest absolute Gasteiger partial charge is 0.119 e. The minimum Gasteiger partial charge on any atom is -0.491 e. The Kier molecular flexibility index (Phi) is 7.50. The monoisotopic (exact) mass is 351 g/mol. The third-order valence-corrected chi connectivity index (χ3v) is 2.84. The van der Waals surface area contributed by atoms with Crippen molar-refractivity contribution in [2.75, 3.05) is 33.4 Å². The normalized spacial score (nSPS) is 12.4. The van der Waals surface area contributed by atoms with Crippen molar-refractivity contribution in [1.29, 1.82) is 0 Å². The Balaban J connectivity index is 2.14. The summed E-state index contributed by atoms with van der Waals surface area (Å²) in [7, 11) is 1.65. The van der Waals surface area contributed by atoms with Crippen LogP contribution in [0.15, 0.2) is 24.3 Å². The van der Waals surface area contributed by atoms with Gasteiger partial charge in [-0.05, 0) is 46.9 Å². The van der Waals surface area contributed by atoms with Gasteiger partial charge in [0.2, 0.25) is 0 Å². The number of halogens is 1. The Bertz CT molecular complexity index is 305. The molecule has 1 rings (SSSR count). The van der Waals surface area contributed by atoms with Crippen molar-refractivity contribution in [3.05, 3.63) is 27.8 Å². The maximum Gasteiger partial charge on any atom is 0.119 e. The maximum atomic E-state index is 9.63. The predicted octanol–water partition coefficient (Wildman–Crippen LogP) is 1.27. The van der Waals surface area contributed by atoms with E-state index in [1.54, 1.807) is 7.11 Å². The van der Waals surface area contributed by atoms with Gasteiger partial charge < -0.3 is 19.9 Å². The second-order valence-electron chi connectivity index (χ2n) is 3.62. The van der Waals surface area contributed by atoms with Crippen molar-refractivity contribution in [1.82, 2.24) is 5.32 Å². The fourth-order valence-electron chi connectivity index (χ4n) is 1.23. The van der Waals surface area contributed by atoms with Gasteiger partial charge in [-0.1, -0.05) is 0 Å². The van der Waals surface area contributed by atoms with Crippen LogP contribution in [0.5, 0.6) is 5.75 Å². The van der Waals surface area contributed by atoms with Crippen LogP contribution in [0.1, 0.15) is 0 Å². The van der Waals surface area contributed by atoms with Crippen LogP contribution < -0.4 is 10.1 Å². The van der Waals surface area contributed by atoms with Crippen LogP contribution in [0, 0.1) is 3.57 Å². The number of nitrogens with one attached hydrogen (secondary N) is 1. The van der Waals surface area contributed by atoms with Gasteiger partial charge in [0.25, 0.3) is 0 Å². The largest absolute Gasteiger partial charge is 0.491 e. The summed E-state index contributed by atoms with van der Waals surface area (Å²) in [5.74, 6) is 0.779. The van der Waals surface area contributed by atoms with E-state index >= 15 is 0 Å². The highest BCUT2D eigenvalue weighted by Gasteiger charge is 2.04. The Morgan fingerprint density at radius 2 is 2.06 bits per heavy atom. The van der Waals surface area contributed by atoms with E-state index in [-0.39, 0.29) is 0 Å². The number of hydrogen-bond acceptors (Lipinski definition) is 4. The lowest BCUT2D eigenvalue weighted by Gasteiger charge is -2.13. The van der Waals surface area contributed by atoms with Gasteiger partial charge in [-0.3, -0.25) is 0 Å². The van der Waals surface area contributed by atoms with Crippen LogP contribution in [0.4, 0.5) is 0 Å². The predicted molar refractivity (Wildman–Crippen MR) is 75.4 cm³/mol. The molecular formula is C12H18INO3. The first-order valence-corrected chi connectivity index (χ1v) is 6.56. The van der Waals surface area contributed by atoms with Gasteiger partial charge in [0, 0.05) is 23.8 Å². The summed E-state index contributed by atoms with van der Waals surface area (Å²) in [5.41, 5.74) is 0. The molecule has 0 aromatic heterocycles. The zero-order chi connectivity index (χ0) is 12.5. The van der Waals surface area contributed by atoms with E-state index in [0.717, 1.165) is 15.9 Å². The van der Waals surface area contributed by atoms with Gasteiger partial charge in [0.15, 0.2) is 0 Å². The molecule has 0 aliphatic heterocycles. The average molecular weight is 351 g/mol. The lowest BCUT2D eigenvalue weighted by atomic mass is 10.3. The molecule has 1 unspecified atom stereocenters. The molecule has 0 saturated heterocycles. The SMILES string of the molecule is COCCNCC(O)COc1ccc(I)cc1. The standard InChI is InChI=1S/C12H18INO3/c1-16-7-6-14-8-11(15)9-17-12-4-2-10(13)3-5-12/h2-5,11,14-15H,6-9H2,1H3. The molecular weight excluding hydrogens is 333 g/mol. The Labute approximate surface area is 115 Å². The van der Waals surface area contributed by atoms with E-state index < -0.39 is 6.10 Å². The van der Waals surface area contributed by atoms with Crippen molar-refractivity contribution >= 4 is 22.6 Å². The molecule has 0 saturated carbocycles. The molecule has 96 valence electrons. The molecule has 0 aliphatic rings. The van der Waals surface area contributed by atoms with Crippen molar-refractivity contribution in [3.63, 3.8) is 0 Å². The highest BCUT2D eigenvalue weighted by molar-refractivity contribution is 14.1. The van der Waals surface area contributed by atoms with Crippen molar-refractivity contribution in [2.24, 2.45) is 0 Å². The van der Waals surface area contributed by atoms with Gasteiger partial charge in [0.1, 0.15) is 18.5 Å². The summed E-state index contributed by atoms with van der Waals surface area (Å²) >= 11 is 2.24. The second kappa shape index (κ2) is 8.68. The van der Waals surface area contributed by atoms with E-state index in [1.807, 2.05) is 24.3 Å². The average Bonchev–Trinajstić information content (AvgIpc) is 2.34. The van der Waals surface area contributed by atoms with Crippen molar-refractivity contribution in [3.8, 4) is 5.75 Å². The highest BCUT2D eigenvalue weighted by Crippen LogP contribution is 2.13. The molecule has 0 aliphatic carbocycles. The van der Waals surface area contributed by atoms with Crippen molar-refractivity contribution in [2.45, 2.75) is 6.10 Å².